The molecule has 74 valence electrons. The predicted octanol–water partition coefficient (Wildman–Crippen LogP) is 1.61. The van der Waals surface area contributed by atoms with Crippen LogP contribution in [0.1, 0.15) is 32.8 Å². The van der Waals surface area contributed by atoms with Crippen molar-refractivity contribution in [3.8, 4) is 0 Å². The highest BCUT2D eigenvalue weighted by molar-refractivity contribution is 5.07. The second-order valence-electron chi connectivity index (χ2n) is 3.73. The van der Waals surface area contributed by atoms with Gasteiger partial charge in [-0.3, -0.25) is 4.68 Å². The van der Waals surface area contributed by atoms with Crippen molar-refractivity contribution in [3.05, 3.63) is 18.0 Å². The summed E-state index contributed by atoms with van der Waals surface area (Å²) in [4.78, 5) is 0. The summed E-state index contributed by atoms with van der Waals surface area (Å²) in [5.41, 5.74) is 0.510. The second kappa shape index (κ2) is 3.92. The largest absolute Gasteiger partial charge is 0.390 e. The van der Waals surface area contributed by atoms with Gasteiger partial charge in [-0.1, -0.05) is 6.92 Å². The average molecular weight is 182 g/mol. The minimum absolute atomic E-state index is 0.596. The lowest BCUT2D eigenvalue weighted by atomic mass is 9.96. The van der Waals surface area contributed by atoms with Crippen molar-refractivity contribution in [1.29, 1.82) is 0 Å². The Hall–Kier alpha value is -0.830. The lowest BCUT2D eigenvalue weighted by Gasteiger charge is -2.19. The third kappa shape index (κ3) is 2.84. The normalized spacial score (nSPS) is 15.7. The Balaban J connectivity index is 2.63. The first-order chi connectivity index (χ1) is 6.07. The molecule has 1 unspecified atom stereocenters. The van der Waals surface area contributed by atoms with E-state index in [1.807, 2.05) is 30.9 Å². The van der Waals surface area contributed by atoms with Crippen molar-refractivity contribution >= 4 is 0 Å². The Bertz CT molecular complexity index is 266. The van der Waals surface area contributed by atoms with Crippen LogP contribution >= 0.6 is 0 Å². The molecule has 1 aromatic rings. The van der Waals surface area contributed by atoms with Crippen molar-refractivity contribution in [1.82, 2.24) is 9.78 Å². The van der Waals surface area contributed by atoms with Crippen molar-refractivity contribution in [2.75, 3.05) is 0 Å². The molecule has 0 fully saturated rings. The third-order valence-corrected chi connectivity index (χ3v) is 2.36. The van der Waals surface area contributed by atoms with E-state index >= 15 is 0 Å². The zero-order valence-electron chi connectivity index (χ0n) is 8.62. The first-order valence-electron chi connectivity index (χ1n) is 4.81. The summed E-state index contributed by atoms with van der Waals surface area (Å²) in [6.45, 7) is 6.78. The van der Waals surface area contributed by atoms with Gasteiger partial charge in [0.1, 0.15) is 0 Å². The molecule has 0 aliphatic rings. The lowest BCUT2D eigenvalue weighted by Crippen LogP contribution is -2.25. The van der Waals surface area contributed by atoms with E-state index in [1.165, 1.54) is 0 Å². The number of aliphatic hydroxyl groups is 1. The first kappa shape index (κ1) is 10.3. The average Bonchev–Trinajstić information content (AvgIpc) is 2.52. The summed E-state index contributed by atoms with van der Waals surface area (Å²) in [6.07, 6.45) is 5.27. The standard InChI is InChI=1S/C10H18N2O/c1-4-10(3,13)6-9-7-11-12(5-2)8-9/h7-8,13H,4-6H2,1-3H3. The smallest absolute Gasteiger partial charge is 0.0658 e. The molecule has 0 bridgehead atoms. The molecule has 1 heterocycles. The van der Waals surface area contributed by atoms with E-state index in [2.05, 4.69) is 12.0 Å². The SMILES string of the molecule is CCn1cc(CC(C)(O)CC)cn1. The van der Waals surface area contributed by atoms with Crippen LogP contribution in [-0.4, -0.2) is 20.5 Å². The summed E-state index contributed by atoms with van der Waals surface area (Å²) in [5, 5.41) is 14.0. The highest BCUT2D eigenvalue weighted by Gasteiger charge is 2.18. The van der Waals surface area contributed by atoms with Crippen LogP contribution in [0.4, 0.5) is 0 Å². The molecule has 1 N–H and O–H groups in total. The van der Waals surface area contributed by atoms with Crippen LogP contribution in [0.25, 0.3) is 0 Å². The Morgan fingerprint density at radius 1 is 1.54 bits per heavy atom. The van der Waals surface area contributed by atoms with E-state index in [0.717, 1.165) is 18.5 Å². The molecule has 0 aromatic carbocycles. The molecule has 0 saturated heterocycles. The maximum Gasteiger partial charge on any atom is 0.0658 e. The van der Waals surface area contributed by atoms with Crippen molar-refractivity contribution in [2.45, 2.75) is 45.8 Å². The fraction of sp³-hybridized carbons (Fsp3) is 0.700. The molecule has 1 aromatic heterocycles. The zero-order chi connectivity index (χ0) is 9.90. The highest BCUT2D eigenvalue weighted by atomic mass is 16.3. The minimum atomic E-state index is -0.596. The monoisotopic (exact) mass is 182 g/mol. The van der Waals surface area contributed by atoms with Crippen LogP contribution in [-0.2, 0) is 13.0 Å². The van der Waals surface area contributed by atoms with Gasteiger partial charge in [0, 0.05) is 19.2 Å². The maximum atomic E-state index is 9.82. The van der Waals surface area contributed by atoms with Crippen LogP contribution < -0.4 is 0 Å². The molecule has 0 radical (unpaired) electrons. The van der Waals surface area contributed by atoms with E-state index in [1.54, 1.807) is 0 Å². The van der Waals surface area contributed by atoms with Gasteiger partial charge in [-0.25, -0.2) is 0 Å². The first-order valence-corrected chi connectivity index (χ1v) is 4.81. The van der Waals surface area contributed by atoms with E-state index < -0.39 is 5.60 Å². The summed E-state index contributed by atoms with van der Waals surface area (Å²) >= 11 is 0. The number of hydrogen-bond acceptors (Lipinski definition) is 2. The van der Waals surface area contributed by atoms with Crippen molar-refractivity contribution in [2.24, 2.45) is 0 Å². The highest BCUT2D eigenvalue weighted by Crippen LogP contribution is 2.15. The van der Waals surface area contributed by atoms with Crippen LogP contribution in [0.15, 0.2) is 12.4 Å². The van der Waals surface area contributed by atoms with Gasteiger partial charge in [-0.05, 0) is 25.8 Å². The van der Waals surface area contributed by atoms with Gasteiger partial charge < -0.3 is 5.11 Å². The predicted molar refractivity (Wildman–Crippen MR) is 52.5 cm³/mol. The summed E-state index contributed by atoms with van der Waals surface area (Å²) in [6, 6.07) is 0. The Morgan fingerprint density at radius 3 is 2.69 bits per heavy atom. The van der Waals surface area contributed by atoms with E-state index in [-0.39, 0.29) is 0 Å². The second-order valence-corrected chi connectivity index (χ2v) is 3.73. The minimum Gasteiger partial charge on any atom is -0.390 e. The van der Waals surface area contributed by atoms with E-state index in [0.29, 0.717) is 6.42 Å². The molecular weight excluding hydrogens is 164 g/mol. The fourth-order valence-electron chi connectivity index (χ4n) is 1.24. The lowest BCUT2D eigenvalue weighted by molar-refractivity contribution is 0.0564. The summed E-state index contributed by atoms with van der Waals surface area (Å²) < 4.78 is 1.88. The van der Waals surface area contributed by atoms with E-state index in [4.69, 9.17) is 0 Å². The van der Waals surface area contributed by atoms with E-state index in [9.17, 15) is 5.11 Å². The molecule has 0 aliphatic carbocycles. The summed E-state index contributed by atoms with van der Waals surface area (Å²) in [7, 11) is 0. The van der Waals surface area contributed by atoms with Gasteiger partial charge in [-0.2, -0.15) is 5.10 Å². The quantitative estimate of drug-likeness (QED) is 0.768. The van der Waals surface area contributed by atoms with Crippen LogP contribution in [0, 0.1) is 0 Å². The molecule has 0 saturated carbocycles. The van der Waals surface area contributed by atoms with Gasteiger partial charge in [0.25, 0.3) is 0 Å². The molecule has 3 nitrogen and oxygen atoms in total. The van der Waals surface area contributed by atoms with Crippen molar-refractivity contribution in [3.63, 3.8) is 0 Å². The Labute approximate surface area is 79.4 Å². The Morgan fingerprint density at radius 2 is 2.23 bits per heavy atom. The molecular formula is C10H18N2O. The number of hydrogen-bond donors (Lipinski definition) is 1. The van der Waals surface area contributed by atoms with Gasteiger partial charge in [-0.15, -0.1) is 0 Å². The fourth-order valence-corrected chi connectivity index (χ4v) is 1.24. The number of nitrogens with zero attached hydrogens (tertiary/aromatic N) is 2. The molecule has 1 rings (SSSR count). The molecule has 13 heavy (non-hydrogen) atoms. The van der Waals surface area contributed by atoms with Crippen molar-refractivity contribution < 1.29 is 5.11 Å². The molecule has 0 amide bonds. The van der Waals surface area contributed by atoms with Crippen LogP contribution in [0.2, 0.25) is 0 Å². The van der Waals surface area contributed by atoms with Crippen LogP contribution in [0.5, 0.6) is 0 Å². The van der Waals surface area contributed by atoms with Gasteiger partial charge in [0.2, 0.25) is 0 Å². The molecule has 0 spiro atoms. The number of aromatic nitrogens is 2. The Kier molecular flexibility index (Phi) is 3.09. The van der Waals surface area contributed by atoms with Gasteiger partial charge in [0.15, 0.2) is 0 Å². The van der Waals surface area contributed by atoms with Gasteiger partial charge in [0.05, 0.1) is 11.8 Å². The molecule has 3 heteroatoms. The molecule has 0 aliphatic heterocycles. The zero-order valence-corrected chi connectivity index (χ0v) is 8.62. The third-order valence-electron chi connectivity index (χ3n) is 2.36. The number of rotatable bonds is 4. The molecule has 1 atom stereocenters. The van der Waals surface area contributed by atoms with Gasteiger partial charge >= 0.3 is 0 Å². The number of aryl methyl sites for hydroxylation is 1. The van der Waals surface area contributed by atoms with Crippen LogP contribution in [0.3, 0.4) is 0 Å². The maximum absolute atomic E-state index is 9.82. The topological polar surface area (TPSA) is 38.0 Å². The summed E-state index contributed by atoms with van der Waals surface area (Å²) in [5.74, 6) is 0.